The molecule has 0 radical (unpaired) electrons. The number of aliphatic hydroxyl groups is 1. The van der Waals surface area contributed by atoms with Crippen molar-refractivity contribution in [3.05, 3.63) is 56.7 Å². The number of benzene rings is 1. The first-order valence-corrected chi connectivity index (χ1v) is 7.93. The average Bonchev–Trinajstić information content (AvgIpc) is 2.56. The molecule has 3 rings (SSSR count). The molecule has 0 saturated carbocycles. The van der Waals surface area contributed by atoms with Gasteiger partial charge in [-0.2, -0.15) is 0 Å². The standard InChI is InChI=1S/C16H17F2N5O2/c17-10-7-12(18)11-1-2-16(25)23(14(11)8-10)6-5-22-4-3-13(20-21-19)15(24)9-22/h1-2,7-8,13,15,24H,3-6,9H2/t13-,15+/m0/s1. The Hall–Kier alpha value is -2.48. The number of rotatable bonds is 4. The summed E-state index contributed by atoms with van der Waals surface area (Å²) in [6.45, 7) is 1.57. The molecular formula is C16H17F2N5O2. The van der Waals surface area contributed by atoms with E-state index in [1.165, 1.54) is 16.7 Å². The molecule has 2 heterocycles. The minimum Gasteiger partial charge on any atom is -0.391 e. The van der Waals surface area contributed by atoms with E-state index in [9.17, 15) is 18.7 Å². The van der Waals surface area contributed by atoms with Gasteiger partial charge in [-0.05, 0) is 30.6 Å². The Morgan fingerprint density at radius 1 is 1.32 bits per heavy atom. The lowest BCUT2D eigenvalue weighted by molar-refractivity contribution is 0.0522. The number of piperidine rings is 1. The topological polar surface area (TPSA) is 94.2 Å². The van der Waals surface area contributed by atoms with Crippen LogP contribution in [-0.4, -0.2) is 46.4 Å². The van der Waals surface area contributed by atoms with Gasteiger partial charge in [-0.25, -0.2) is 8.78 Å². The molecule has 9 heteroatoms. The zero-order valence-electron chi connectivity index (χ0n) is 13.3. The van der Waals surface area contributed by atoms with Crippen molar-refractivity contribution in [2.24, 2.45) is 5.11 Å². The zero-order chi connectivity index (χ0) is 18.0. The number of fused-ring (bicyclic) bond motifs is 1. The van der Waals surface area contributed by atoms with Crippen LogP contribution in [0.3, 0.4) is 0 Å². The molecule has 25 heavy (non-hydrogen) atoms. The van der Waals surface area contributed by atoms with Crippen LogP contribution < -0.4 is 5.56 Å². The second-order valence-electron chi connectivity index (χ2n) is 6.07. The van der Waals surface area contributed by atoms with Crippen molar-refractivity contribution in [2.75, 3.05) is 19.6 Å². The molecule has 0 amide bonds. The molecule has 0 spiro atoms. The summed E-state index contributed by atoms with van der Waals surface area (Å²) >= 11 is 0. The van der Waals surface area contributed by atoms with E-state index in [1.807, 2.05) is 4.90 Å². The molecule has 1 aromatic heterocycles. The zero-order valence-corrected chi connectivity index (χ0v) is 13.3. The van der Waals surface area contributed by atoms with Crippen molar-refractivity contribution in [3.63, 3.8) is 0 Å². The number of aliphatic hydroxyl groups excluding tert-OH is 1. The molecule has 1 aliphatic rings. The fourth-order valence-electron chi connectivity index (χ4n) is 3.18. The van der Waals surface area contributed by atoms with Crippen LogP contribution >= 0.6 is 0 Å². The van der Waals surface area contributed by atoms with Gasteiger partial charge in [0.25, 0.3) is 5.56 Å². The maximum Gasteiger partial charge on any atom is 0.251 e. The normalized spacial score (nSPS) is 21.2. The predicted octanol–water partition coefficient (Wildman–Crippen LogP) is 2.03. The van der Waals surface area contributed by atoms with Crippen LogP contribution in [0, 0.1) is 11.6 Å². The number of pyridine rings is 1. The molecular weight excluding hydrogens is 332 g/mol. The maximum absolute atomic E-state index is 13.9. The first kappa shape index (κ1) is 17.3. The number of hydrogen-bond donors (Lipinski definition) is 1. The monoisotopic (exact) mass is 349 g/mol. The predicted molar refractivity (Wildman–Crippen MR) is 88.1 cm³/mol. The number of azide groups is 1. The van der Waals surface area contributed by atoms with Crippen molar-refractivity contribution >= 4 is 10.9 Å². The highest BCUT2D eigenvalue weighted by Crippen LogP contribution is 2.19. The molecule has 0 unspecified atom stereocenters. The lowest BCUT2D eigenvalue weighted by atomic mass is 10.0. The van der Waals surface area contributed by atoms with Crippen LogP contribution in [-0.2, 0) is 6.54 Å². The molecule has 7 nitrogen and oxygen atoms in total. The van der Waals surface area contributed by atoms with Gasteiger partial charge in [-0.15, -0.1) is 0 Å². The Labute approximate surface area is 141 Å². The highest BCUT2D eigenvalue weighted by Gasteiger charge is 2.26. The summed E-state index contributed by atoms with van der Waals surface area (Å²) in [7, 11) is 0. The number of halogens is 2. The van der Waals surface area contributed by atoms with E-state index in [4.69, 9.17) is 5.53 Å². The molecule has 1 saturated heterocycles. The van der Waals surface area contributed by atoms with E-state index < -0.39 is 23.8 Å². The van der Waals surface area contributed by atoms with E-state index in [0.717, 1.165) is 12.1 Å². The Balaban J connectivity index is 1.79. The van der Waals surface area contributed by atoms with Gasteiger partial charge >= 0.3 is 0 Å². The largest absolute Gasteiger partial charge is 0.391 e. The number of hydrogen-bond acceptors (Lipinski definition) is 4. The van der Waals surface area contributed by atoms with Crippen molar-refractivity contribution in [3.8, 4) is 0 Å². The third-order valence-corrected chi connectivity index (χ3v) is 4.49. The highest BCUT2D eigenvalue weighted by atomic mass is 19.1. The number of β-amino-alcohol motifs (C(OH)–C–C–N with tert-alkyl or cyclic N) is 1. The Morgan fingerprint density at radius 3 is 2.84 bits per heavy atom. The van der Waals surface area contributed by atoms with Gasteiger partial charge < -0.3 is 9.67 Å². The lowest BCUT2D eigenvalue weighted by Crippen LogP contribution is -2.47. The van der Waals surface area contributed by atoms with Gasteiger partial charge in [0.1, 0.15) is 11.6 Å². The Kier molecular flexibility index (Phi) is 4.98. The first-order chi connectivity index (χ1) is 12.0. The molecule has 0 aliphatic carbocycles. The SMILES string of the molecule is [N-]=[N+]=N[C@H]1CCN(CCn2c(=O)ccc3c(F)cc(F)cc32)C[C@H]1O. The number of likely N-dealkylation sites (tertiary alicyclic amines) is 1. The summed E-state index contributed by atoms with van der Waals surface area (Å²) < 4.78 is 28.7. The van der Waals surface area contributed by atoms with E-state index in [0.29, 0.717) is 26.1 Å². The average molecular weight is 349 g/mol. The third-order valence-electron chi connectivity index (χ3n) is 4.49. The molecule has 2 aromatic rings. The fraction of sp³-hybridized carbons (Fsp3) is 0.438. The van der Waals surface area contributed by atoms with Gasteiger partial charge in [-0.3, -0.25) is 9.69 Å². The van der Waals surface area contributed by atoms with Gasteiger partial charge in [0, 0.05) is 42.1 Å². The van der Waals surface area contributed by atoms with Crippen molar-refractivity contribution in [2.45, 2.75) is 25.1 Å². The quantitative estimate of drug-likeness (QED) is 0.520. The van der Waals surface area contributed by atoms with Crippen LogP contribution in [0.5, 0.6) is 0 Å². The number of aromatic nitrogens is 1. The van der Waals surface area contributed by atoms with Crippen molar-refractivity contribution in [1.82, 2.24) is 9.47 Å². The summed E-state index contributed by atoms with van der Waals surface area (Å²) in [5.41, 5.74) is 8.32. The summed E-state index contributed by atoms with van der Waals surface area (Å²) in [5, 5.41) is 13.7. The summed E-state index contributed by atoms with van der Waals surface area (Å²) in [6, 6.07) is 4.07. The van der Waals surface area contributed by atoms with E-state index >= 15 is 0 Å². The van der Waals surface area contributed by atoms with Crippen LogP contribution in [0.25, 0.3) is 21.3 Å². The first-order valence-electron chi connectivity index (χ1n) is 7.93. The van der Waals surface area contributed by atoms with Gasteiger partial charge in [0.15, 0.2) is 0 Å². The molecule has 1 aromatic carbocycles. The van der Waals surface area contributed by atoms with Crippen LogP contribution in [0.15, 0.2) is 34.2 Å². The molecule has 1 aliphatic heterocycles. The smallest absolute Gasteiger partial charge is 0.251 e. The van der Waals surface area contributed by atoms with Gasteiger partial charge in [0.2, 0.25) is 0 Å². The van der Waals surface area contributed by atoms with E-state index in [2.05, 4.69) is 10.0 Å². The molecule has 1 fully saturated rings. The molecule has 2 atom stereocenters. The minimum absolute atomic E-state index is 0.183. The summed E-state index contributed by atoms with van der Waals surface area (Å²) in [6.07, 6.45) is -0.261. The molecule has 1 N–H and O–H groups in total. The van der Waals surface area contributed by atoms with Gasteiger partial charge in [-0.1, -0.05) is 5.11 Å². The van der Waals surface area contributed by atoms with E-state index in [-0.39, 0.29) is 23.0 Å². The second-order valence-corrected chi connectivity index (χ2v) is 6.07. The van der Waals surface area contributed by atoms with Gasteiger partial charge in [0.05, 0.1) is 17.7 Å². The Morgan fingerprint density at radius 2 is 2.12 bits per heavy atom. The van der Waals surface area contributed by atoms with Crippen LogP contribution in [0.1, 0.15) is 6.42 Å². The highest BCUT2D eigenvalue weighted by molar-refractivity contribution is 5.79. The van der Waals surface area contributed by atoms with Crippen LogP contribution in [0.4, 0.5) is 8.78 Å². The Bertz CT molecular complexity index is 894. The van der Waals surface area contributed by atoms with Crippen LogP contribution in [0.2, 0.25) is 0 Å². The van der Waals surface area contributed by atoms with Crippen molar-refractivity contribution < 1.29 is 13.9 Å². The third kappa shape index (κ3) is 3.63. The summed E-state index contributed by atoms with van der Waals surface area (Å²) in [4.78, 5) is 16.8. The molecule has 0 bridgehead atoms. The fourth-order valence-corrected chi connectivity index (χ4v) is 3.18. The molecule has 132 valence electrons. The second kappa shape index (κ2) is 7.18. The lowest BCUT2D eigenvalue weighted by Gasteiger charge is -2.33. The summed E-state index contributed by atoms with van der Waals surface area (Å²) in [5.74, 6) is -1.45. The maximum atomic E-state index is 13.9. The minimum atomic E-state index is -0.774. The van der Waals surface area contributed by atoms with E-state index in [1.54, 1.807) is 0 Å². The van der Waals surface area contributed by atoms with Crippen molar-refractivity contribution in [1.29, 1.82) is 0 Å². The number of nitrogens with zero attached hydrogens (tertiary/aromatic N) is 5.